The zero-order valence-corrected chi connectivity index (χ0v) is 16.0. The molecule has 0 bridgehead atoms. The maximum atomic E-state index is 12.4. The lowest BCUT2D eigenvalue weighted by Crippen LogP contribution is -2.14. The van der Waals surface area contributed by atoms with Crippen molar-refractivity contribution >= 4 is 22.7 Å². The van der Waals surface area contributed by atoms with Crippen molar-refractivity contribution < 1.29 is 9.21 Å². The van der Waals surface area contributed by atoms with Crippen LogP contribution < -0.4 is 5.32 Å². The van der Waals surface area contributed by atoms with Gasteiger partial charge in [0.1, 0.15) is 5.52 Å². The van der Waals surface area contributed by atoms with E-state index in [0.717, 1.165) is 27.9 Å². The quantitative estimate of drug-likeness (QED) is 0.483. The topological polar surface area (TPSA) is 55.1 Å². The standard InChI is InChI=1S/C24H22N2O2/c1-16(2)18-12-10-17(11-13-18)14-23(27)25-20-7-5-6-19(15-20)24-26-21-8-3-4-9-22(21)28-24/h3-13,15-16H,14H2,1-2H3,(H,25,27). The van der Waals surface area contributed by atoms with Crippen molar-refractivity contribution in [2.75, 3.05) is 5.32 Å². The summed E-state index contributed by atoms with van der Waals surface area (Å²) in [5.41, 5.74) is 5.39. The number of carbonyl (C=O) groups excluding carboxylic acids is 1. The summed E-state index contributed by atoms with van der Waals surface area (Å²) in [6.07, 6.45) is 0.339. The average molecular weight is 370 g/mol. The lowest BCUT2D eigenvalue weighted by Gasteiger charge is -2.08. The first-order chi connectivity index (χ1) is 13.6. The molecule has 0 saturated heterocycles. The third-order valence-electron chi connectivity index (χ3n) is 4.70. The Bertz CT molecular complexity index is 1080. The smallest absolute Gasteiger partial charge is 0.228 e. The Hall–Kier alpha value is -3.40. The maximum Gasteiger partial charge on any atom is 0.228 e. The lowest BCUT2D eigenvalue weighted by atomic mass is 10.0. The van der Waals surface area contributed by atoms with Gasteiger partial charge in [-0.15, -0.1) is 0 Å². The summed E-state index contributed by atoms with van der Waals surface area (Å²) in [6, 6.07) is 23.4. The zero-order valence-electron chi connectivity index (χ0n) is 16.0. The van der Waals surface area contributed by atoms with Crippen LogP contribution >= 0.6 is 0 Å². The predicted molar refractivity (Wildman–Crippen MR) is 112 cm³/mol. The Kier molecular flexibility index (Phi) is 4.94. The van der Waals surface area contributed by atoms with Gasteiger partial charge in [-0.25, -0.2) is 4.98 Å². The minimum absolute atomic E-state index is 0.0491. The number of nitrogens with zero attached hydrogens (tertiary/aromatic N) is 1. The first-order valence-electron chi connectivity index (χ1n) is 9.43. The van der Waals surface area contributed by atoms with Crippen molar-refractivity contribution in [3.05, 3.63) is 83.9 Å². The van der Waals surface area contributed by atoms with Crippen LogP contribution in [0, 0.1) is 0 Å². The highest BCUT2D eigenvalue weighted by Gasteiger charge is 2.10. The van der Waals surface area contributed by atoms with Gasteiger partial charge in [-0.1, -0.05) is 56.3 Å². The monoisotopic (exact) mass is 370 g/mol. The van der Waals surface area contributed by atoms with E-state index in [0.29, 0.717) is 18.2 Å². The summed E-state index contributed by atoms with van der Waals surface area (Å²) in [5.74, 6) is 0.978. The summed E-state index contributed by atoms with van der Waals surface area (Å²) in [4.78, 5) is 17.0. The van der Waals surface area contributed by atoms with Crippen molar-refractivity contribution in [3.63, 3.8) is 0 Å². The molecule has 1 heterocycles. The molecule has 0 radical (unpaired) electrons. The van der Waals surface area contributed by atoms with E-state index in [1.54, 1.807) is 0 Å². The number of oxazole rings is 1. The molecule has 0 fully saturated rings. The number of rotatable bonds is 5. The van der Waals surface area contributed by atoms with Crippen molar-refractivity contribution in [1.29, 1.82) is 0 Å². The molecule has 0 aliphatic heterocycles. The van der Waals surface area contributed by atoms with E-state index in [2.05, 4.69) is 36.3 Å². The molecule has 3 aromatic carbocycles. The van der Waals surface area contributed by atoms with E-state index in [1.165, 1.54) is 5.56 Å². The summed E-state index contributed by atoms with van der Waals surface area (Å²) < 4.78 is 5.82. The molecule has 1 aromatic heterocycles. The Morgan fingerprint density at radius 2 is 1.79 bits per heavy atom. The highest BCUT2D eigenvalue weighted by Crippen LogP contribution is 2.26. The average Bonchev–Trinajstić information content (AvgIpc) is 3.13. The molecule has 4 rings (SSSR count). The summed E-state index contributed by atoms with van der Waals surface area (Å²) in [7, 11) is 0. The van der Waals surface area contributed by atoms with Gasteiger partial charge in [0.2, 0.25) is 11.8 Å². The van der Waals surface area contributed by atoms with Crippen molar-refractivity contribution in [3.8, 4) is 11.5 Å². The fraction of sp³-hybridized carbons (Fsp3) is 0.167. The van der Waals surface area contributed by atoms with E-state index in [1.807, 2.05) is 60.7 Å². The number of para-hydroxylation sites is 2. The van der Waals surface area contributed by atoms with Crippen molar-refractivity contribution in [1.82, 2.24) is 4.98 Å². The molecule has 1 N–H and O–H groups in total. The number of aromatic nitrogens is 1. The van der Waals surface area contributed by atoms with Crippen molar-refractivity contribution in [2.45, 2.75) is 26.2 Å². The Morgan fingerprint density at radius 1 is 1.00 bits per heavy atom. The molecule has 4 heteroatoms. The van der Waals surface area contributed by atoms with Gasteiger partial charge < -0.3 is 9.73 Å². The van der Waals surface area contributed by atoms with E-state index in [4.69, 9.17) is 4.42 Å². The number of nitrogens with one attached hydrogen (secondary N) is 1. The number of amides is 1. The maximum absolute atomic E-state index is 12.4. The Balaban J connectivity index is 1.47. The van der Waals surface area contributed by atoms with Crippen molar-refractivity contribution in [2.24, 2.45) is 0 Å². The molecule has 4 nitrogen and oxygen atoms in total. The second kappa shape index (κ2) is 7.69. The van der Waals surface area contributed by atoms with Gasteiger partial charge in [0, 0.05) is 11.3 Å². The summed E-state index contributed by atoms with van der Waals surface area (Å²) >= 11 is 0. The van der Waals surface area contributed by atoms with E-state index < -0.39 is 0 Å². The normalized spacial score (nSPS) is 11.1. The molecular formula is C24H22N2O2. The molecule has 0 saturated carbocycles. The minimum atomic E-state index is -0.0491. The largest absolute Gasteiger partial charge is 0.436 e. The van der Waals surface area contributed by atoms with Crippen LogP contribution in [-0.2, 0) is 11.2 Å². The van der Waals surface area contributed by atoms with Crippen LogP contribution in [-0.4, -0.2) is 10.9 Å². The van der Waals surface area contributed by atoms with Crippen LogP contribution in [0.4, 0.5) is 5.69 Å². The van der Waals surface area contributed by atoms with Crippen LogP contribution in [0.3, 0.4) is 0 Å². The van der Waals surface area contributed by atoms with Gasteiger partial charge in [0.05, 0.1) is 6.42 Å². The second-order valence-corrected chi connectivity index (χ2v) is 7.19. The highest BCUT2D eigenvalue weighted by atomic mass is 16.3. The van der Waals surface area contributed by atoms with Crippen LogP contribution in [0.25, 0.3) is 22.6 Å². The van der Waals surface area contributed by atoms with Gasteiger partial charge in [-0.3, -0.25) is 4.79 Å². The molecule has 0 atom stereocenters. The molecular weight excluding hydrogens is 348 g/mol. The number of anilines is 1. The molecule has 28 heavy (non-hydrogen) atoms. The number of hydrogen-bond acceptors (Lipinski definition) is 3. The van der Waals surface area contributed by atoms with Gasteiger partial charge in [0.15, 0.2) is 5.58 Å². The molecule has 0 unspecified atom stereocenters. The van der Waals surface area contributed by atoms with Crippen LogP contribution in [0.1, 0.15) is 30.9 Å². The Morgan fingerprint density at radius 3 is 2.54 bits per heavy atom. The molecule has 0 aliphatic rings. The predicted octanol–water partition coefficient (Wildman–Crippen LogP) is 5.80. The van der Waals surface area contributed by atoms with E-state index in [-0.39, 0.29) is 5.91 Å². The second-order valence-electron chi connectivity index (χ2n) is 7.19. The van der Waals surface area contributed by atoms with Gasteiger partial charge >= 0.3 is 0 Å². The molecule has 0 aliphatic carbocycles. The highest BCUT2D eigenvalue weighted by molar-refractivity contribution is 5.93. The minimum Gasteiger partial charge on any atom is -0.436 e. The summed E-state index contributed by atoms with van der Waals surface area (Å²) in [6.45, 7) is 4.32. The van der Waals surface area contributed by atoms with Gasteiger partial charge in [-0.2, -0.15) is 0 Å². The molecule has 4 aromatic rings. The van der Waals surface area contributed by atoms with Crippen LogP contribution in [0.2, 0.25) is 0 Å². The third-order valence-corrected chi connectivity index (χ3v) is 4.70. The van der Waals surface area contributed by atoms with E-state index in [9.17, 15) is 4.79 Å². The number of hydrogen-bond donors (Lipinski definition) is 1. The SMILES string of the molecule is CC(C)c1ccc(CC(=O)Nc2cccc(-c3nc4ccccc4o3)c2)cc1. The Labute approximate surface area is 164 Å². The first kappa shape index (κ1) is 18.0. The van der Waals surface area contributed by atoms with Gasteiger partial charge in [0.25, 0.3) is 0 Å². The van der Waals surface area contributed by atoms with Crippen LogP contribution in [0.15, 0.2) is 77.2 Å². The lowest BCUT2D eigenvalue weighted by molar-refractivity contribution is -0.115. The van der Waals surface area contributed by atoms with Gasteiger partial charge in [-0.05, 0) is 47.4 Å². The third kappa shape index (κ3) is 3.96. The molecule has 140 valence electrons. The fourth-order valence-electron chi connectivity index (χ4n) is 3.14. The van der Waals surface area contributed by atoms with E-state index >= 15 is 0 Å². The summed E-state index contributed by atoms with van der Waals surface area (Å²) in [5, 5.41) is 2.96. The number of fused-ring (bicyclic) bond motifs is 1. The fourth-order valence-corrected chi connectivity index (χ4v) is 3.14. The number of carbonyl (C=O) groups is 1. The molecule has 0 spiro atoms. The van der Waals surface area contributed by atoms with Crippen LogP contribution in [0.5, 0.6) is 0 Å². The first-order valence-corrected chi connectivity index (χ1v) is 9.43. The molecule has 1 amide bonds. The number of benzene rings is 3. The zero-order chi connectivity index (χ0) is 19.5.